The number of carbonyl (C=O) groups is 1. The number of nitrogens with zero attached hydrogens (tertiary/aromatic N) is 5. The van der Waals surface area contributed by atoms with E-state index < -0.39 is 0 Å². The maximum atomic E-state index is 13.7. The second-order valence-corrected chi connectivity index (χ2v) is 8.85. The van der Waals surface area contributed by atoms with Crippen molar-refractivity contribution in [3.05, 3.63) is 95.9 Å². The van der Waals surface area contributed by atoms with Gasteiger partial charge in [0, 0.05) is 43.8 Å². The quantitative estimate of drug-likeness (QED) is 0.466. The van der Waals surface area contributed by atoms with Crippen molar-refractivity contribution in [2.24, 2.45) is 0 Å². The second-order valence-electron chi connectivity index (χ2n) is 8.85. The molecule has 3 heterocycles. The Hall–Kier alpha value is -3.80. The van der Waals surface area contributed by atoms with Gasteiger partial charge in [0.1, 0.15) is 5.56 Å². The van der Waals surface area contributed by atoms with Crippen LogP contribution in [0.2, 0.25) is 0 Å². The van der Waals surface area contributed by atoms with Crippen molar-refractivity contribution >= 4 is 11.6 Å². The largest absolute Gasteiger partial charge is 0.365 e. The topological polar surface area (TPSA) is 46.3 Å². The van der Waals surface area contributed by atoms with E-state index in [-0.39, 0.29) is 11.9 Å². The summed E-state index contributed by atoms with van der Waals surface area (Å²) in [4.78, 5) is 18.0. The van der Waals surface area contributed by atoms with Crippen molar-refractivity contribution in [2.75, 3.05) is 24.5 Å². The first-order chi connectivity index (χ1) is 16.0. The third kappa shape index (κ3) is 4.04. The van der Waals surface area contributed by atoms with E-state index in [1.807, 2.05) is 50.8 Å². The molecule has 0 N–H and O–H groups in total. The Morgan fingerprint density at radius 1 is 0.909 bits per heavy atom. The first-order valence-corrected chi connectivity index (χ1v) is 11.4. The molecule has 2 aromatic carbocycles. The van der Waals surface area contributed by atoms with E-state index in [9.17, 15) is 4.79 Å². The second kappa shape index (κ2) is 8.62. The minimum absolute atomic E-state index is 0.0211. The normalized spacial score (nSPS) is 16.3. The Balaban J connectivity index is 1.44. The van der Waals surface area contributed by atoms with Gasteiger partial charge in [-0.3, -0.25) is 4.79 Å². The van der Waals surface area contributed by atoms with Crippen LogP contribution in [-0.2, 0) is 0 Å². The maximum absolute atomic E-state index is 13.7. The SMILES string of the molecule is Cc1ccc(-n2ncc(C(=O)N3CCN(c4cccc(C)c4)C(C)C3)c2-n2cccc2)cc1. The highest BCUT2D eigenvalue weighted by Gasteiger charge is 2.30. The third-order valence-electron chi connectivity index (χ3n) is 6.35. The first kappa shape index (κ1) is 21.1. The monoisotopic (exact) mass is 439 g/mol. The lowest BCUT2D eigenvalue weighted by atomic mass is 10.1. The predicted octanol–water partition coefficient (Wildman–Crippen LogP) is 4.63. The molecule has 0 radical (unpaired) electrons. The lowest BCUT2D eigenvalue weighted by Crippen LogP contribution is -2.53. The molecular formula is C27H29N5O. The molecule has 5 rings (SSSR count). The number of aryl methyl sites for hydroxylation is 2. The number of benzene rings is 2. The van der Waals surface area contributed by atoms with Crippen LogP contribution in [0, 0.1) is 13.8 Å². The summed E-state index contributed by atoms with van der Waals surface area (Å²) in [6, 6.07) is 20.9. The Morgan fingerprint density at radius 3 is 2.36 bits per heavy atom. The molecule has 2 aromatic heterocycles. The van der Waals surface area contributed by atoms with E-state index in [1.165, 1.54) is 16.8 Å². The summed E-state index contributed by atoms with van der Waals surface area (Å²) in [6.07, 6.45) is 5.61. The molecule has 33 heavy (non-hydrogen) atoms. The highest BCUT2D eigenvalue weighted by Crippen LogP contribution is 2.25. The average Bonchev–Trinajstić information content (AvgIpc) is 3.49. The summed E-state index contributed by atoms with van der Waals surface area (Å²) < 4.78 is 3.81. The standard InChI is InChI=1S/C27H29N5O/c1-20-9-11-23(12-10-20)32-26(29-13-4-5-14-29)25(18-28-32)27(33)30-15-16-31(22(3)19-30)24-8-6-7-21(2)17-24/h4-14,17-18,22H,15-16,19H2,1-3H3. The maximum Gasteiger partial charge on any atom is 0.259 e. The van der Waals surface area contributed by atoms with Crippen molar-refractivity contribution < 1.29 is 4.79 Å². The molecule has 4 aromatic rings. The summed E-state index contributed by atoms with van der Waals surface area (Å²) in [5.41, 5.74) is 5.20. The smallest absolute Gasteiger partial charge is 0.259 e. The van der Waals surface area contributed by atoms with Gasteiger partial charge in [0.05, 0.1) is 11.9 Å². The van der Waals surface area contributed by atoms with Gasteiger partial charge in [0.2, 0.25) is 0 Å². The molecule has 1 aliphatic heterocycles. The van der Waals surface area contributed by atoms with Crippen molar-refractivity contribution in [3.8, 4) is 11.5 Å². The fourth-order valence-electron chi connectivity index (χ4n) is 4.59. The molecule has 1 saturated heterocycles. The third-order valence-corrected chi connectivity index (χ3v) is 6.35. The van der Waals surface area contributed by atoms with Gasteiger partial charge in [-0.25, -0.2) is 4.68 Å². The molecule has 0 bridgehead atoms. The van der Waals surface area contributed by atoms with E-state index in [0.29, 0.717) is 18.7 Å². The fraction of sp³-hybridized carbons (Fsp3) is 0.259. The van der Waals surface area contributed by atoms with Gasteiger partial charge in [-0.1, -0.05) is 29.8 Å². The summed E-state index contributed by atoms with van der Waals surface area (Å²) >= 11 is 0. The Bertz CT molecular complexity index is 1260. The average molecular weight is 440 g/mol. The predicted molar refractivity (Wildman–Crippen MR) is 132 cm³/mol. The number of amides is 1. The molecule has 1 amide bonds. The van der Waals surface area contributed by atoms with Gasteiger partial charge in [-0.15, -0.1) is 0 Å². The summed E-state index contributed by atoms with van der Waals surface area (Å²) in [5, 5.41) is 4.62. The lowest BCUT2D eigenvalue weighted by molar-refractivity contribution is 0.0726. The molecule has 6 nitrogen and oxygen atoms in total. The summed E-state index contributed by atoms with van der Waals surface area (Å²) in [6.45, 7) is 8.52. The molecule has 1 fully saturated rings. The minimum Gasteiger partial charge on any atom is -0.365 e. The van der Waals surface area contributed by atoms with Crippen molar-refractivity contribution in [3.63, 3.8) is 0 Å². The zero-order valence-corrected chi connectivity index (χ0v) is 19.3. The number of hydrogen-bond acceptors (Lipinski definition) is 3. The van der Waals surface area contributed by atoms with Crippen LogP contribution in [0.3, 0.4) is 0 Å². The molecule has 168 valence electrons. The number of rotatable bonds is 4. The number of anilines is 1. The van der Waals surface area contributed by atoms with Gasteiger partial charge in [0.15, 0.2) is 5.82 Å². The van der Waals surface area contributed by atoms with Crippen LogP contribution in [-0.4, -0.2) is 50.8 Å². The Morgan fingerprint density at radius 2 is 1.67 bits per heavy atom. The zero-order chi connectivity index (χ0) is 22.9. The van der Waals surface area contributed by atoms with Gasteiger partial charge >= 0.3 is 0 Å². The van der Waals surface area contributed by atoms with Crippen molar-refractivity contribution in [2.45, 2.75) is 26.8 Å². The summed E-state index contributed by atoms with van der Waals surface area (Å²) in [5.74, 6) is 0.787. The fourth-order valence-corrected chi connectivity index (χ4v) is 4.59. The zero-order valence-electron chi connectivity index (χ0n) is 19.3. The molecule has 1 atom stereocenters. The first-order valence-electron chi connectivity index (χ1n) is 11.4. The molecule has 0 aliphatic carbocycles. The number of aromatic nitrogens is 3. The van der Waals surface area contributed by atoms with E-state index >= 15 is 0 Å². The van der Waals surface area contributed by atoms with Crippen LogP contribution in [0.25, 0.3) is 11.5 Å². The molecule has 1 unspecified atom stereocenters. The van der Waals surface area contributed by atoms with Crippen LogP contribution >= 0.6 is 0 Å². The molecule has 0 spiro atoms. The Labute approximate surface area is 194 Å². The highest BCUT2D eigenvalue weighted by atomic mass is 16.2. The van der Waals surface area contributed by atoms with E-state index in [2.05, 4.69) is 67.2 Å². The number of carbonyl (C=O) groups excluding carboxylic acids is 1. The molecular weight excluding hydrogens is 410 g/mol. The van der Waals surface area contributed by atoms with Crippen LogP contribution in [0.1, 0.15) is 28.4 Å². The van der Waals surface area contributed by atoms with Gasteiger partial charge in [-0.05, 0) is 62.7 Å². The molecule has 6 heteroatoms. The highest BCUT2D eigenvalue weighted by molar-refractivity contribution is 5.97. The van der Waals surface area contributed by atoms with Gasteiger partial charge < -0.3 is 14.4 Å². The van der Waals surface area contributed by atoms with Crippen LogP contribution in [0.15, 0.2) is 79.3 Å². The van der Waals surface area contributed by atoms with Crippen LogP contribution in [0.4, 0.5) is 5.69 Å². The van der Waals surface area contributed by atoms with Crippen LogP contribution in [0.5, 0.6) is 0 Å². The van der Waals surface area contributed by atoms with Gasteiger partial charge in [-0.2, -0.15) is 5.10 Å². The lowest BCUT2D eigenvalue weighted by Gasteiger charge is -2.41. The summed E-state index contributed by atoms with van der Waals surface area (Å²) in [7, 11) is 0. The van der Waals surface area contributed by atoms with Crippen molar-refractivity contribution in [1.29, 1.82) is 0 Å². The Kier molecular flexibility index (Phi) is 5.50. The van der Waals surface area contributed by atoms with Crippen molar-refractivity contribution in [1.82, 2.24) is 19.2 Å². The van der Waals surface area contributed by atoms with E-state index in [4.69, 9.17) is 0 Å². The van der Waals surface area contributed by atoms with E-state index in [1.54, 1.807) is 6.20 Å². The molecule has 1 aliphatic rings. The minimum atomic E-state index is 0.0211. The van der Waals surface area contributed by atoms with Crippen LogP contribution < -0.4 is 4.90 Å². The number of hydrogen-bond donors (Lipinski definition) is 0. The molecule has 0 saturated carbocycles. The number of piperazine rings is 1. The van der Waals surface area contributed by atoms with E-state index in [0.717, 1.165) is 18.1 Å². The van der Waals surface area contributed by atoms with Gasteiger partial charge in [0.25, 0.3) is 5.91 Å².